The van der Waals surface area contributed by atoms with E-state index < -0.39 is 0 Å². The number of hydrogen-bond acceptors (Lipinski definition) is 4. The molecule has 1 heterocycles. The van der Waals surface area contributed by atoms with Gasteiger partial charge < -0.3 is 15.2 Å². The first-order chi connectivity index (χ1) is 16.2. The Bertz CT molecular complexity index is 1190. The summed E-state index contributed by atoms with van der Waals surface area (Å²) in [7, 11) is 0. The summed E-state index contributed by atoms with van der Waals surface area (Å²) in [5.41, 5.74) is 10.5. The molecule has 0 amide bonds. The molecule has 0 saturated carbocycles. The Morgan fingerprint density at radius 2 is 1.33 bits per heavy atom. The normalized spacial score (nSPS) is 10.5. The van der Waals surface area contributed by atoms with E-state index in [9.17, 15) is 0 Å². The van der Waals surface area contributed by atoms with E-state index in [1.165, 1.54) is 0 Å². The lowest BCUT2D eigenvalue weighted by molar-refractivity contribution is 0.255. The molecule has 3 N–H and O–H groups in total. The third-order valence-corrected chi connectivity index (χ3v) is 5.31. The second kappa shape index (κ2) is 11.0. The second-order valence-electron chi connectivity index (χ2n) is 7.74. The van der Waals surface area contributed by atoms with E-state index in [0.29, 0.717) is 36.7 Å². The fraction of sp³-hybridized carbons (Fsp3) is 0.143. The summed E-state index contributed by atoms with van der Waals surface area (Å²) in [6.07, 6.45) is 3.16. The third kappa shape index (κ3) is 6.20. The average molecular weight is 438 g/mol. The van der Waals surface area contributed by atoms with Crippen molar-refractivity contribution < 1.29 is 9.47 Å². The van der Waals surface area contributed by atoms with Crippen molar-refractivity contribution in [3.8, 4) is 11.5 Å². The van der Waals surface area contributed by atoms with Crippen LogP contribution in [-0.4, -0.2) is 10.8 Å². The average Bonchev–Trinajstić information content (AvgIpc) is 2.87. The summed E-state index contributed by atoms with van der Waals surface area (Å²) < 4.78 is 12.3. The van der Waals surface area contributed by atoms with Crippen molar-refractivity contribution >= 4 is 5.84 Å². The highest BCUT2D eigenvalue weighted by Gasteiger charge is 2.11. The zero-order valence-corrected chi connectivity index (χ0v) is 18.4. The molecule has 0 radical (unpaired) electrons. The number of amidine groups is 1. The number of nitrogens with zero attached hydrogens (tertiary/aromatic N) is 1. The van der Waals surface area contributed by atoms with E-state index in [1.807, 2.05) is 84.9 Å². The molecule has 1 aromatic heterocycles. The molecule has 0 bridgehead atoms. The summed E-state index contributed by atoms with van der Waals surface area (Å²) in [6.45, 7) is 0.929. The van der Waals surface area contributed by atoms with Crippen LogP contribution in [-0.2, 0) is 26.1 Å². The molecular formula is C28H27N3O2. The lowest BCUT2D eigenvalue weighted by Crippen LogP contribution is -2.15. The SMILES string of the molecule is N=C(N)c1cccnc1CCc1ccc(OCc2ccccc2)c(OCc2ccccc2)c1. The first-order valence-corrected chi connectivity index (χ1v) is 10.9. The molecule has 0 aliphatic carbocycles. The van der Waals surface area contributed by atoms with Gasteiger partial charge in [0.2, 0.25) is 0 Å². The number of aromatic nitrogens is 1. The summed E-state index contributed by atoms with van der Waals surface area (Å²) in [5, 5.41) is 7.78. The summed E-state index contributed by atoms with van der Waals surface area (Å²) in [5.74, 6) is 1.45. The van der Waals surface area contributed by atoms with Crippen LogP contribution < -0.4 is 15.2 Å². The monoisotopic (exact) mass is 437 g/mol. The minimum absolute atomic E-state index is 0.0367. The molecule has 0 unspecified atom stereocenters. The second-order valence-corrected chi connectivity index (χ2v) is 7.74. The molecule has 4 aromatic rings. The topological polar surface area (TPSA) is 81.2 Å². The van der Waals surface area contributed by atoms with Gasteiger partial charge in [-0.15, -0.1) is 0 Å². The van der Waals surface area contributed by atoms with Crippen LogP contribution in [0.5, 0.6) is 11.5 Å². The number of benzene rings is 3. The van der Waals surface area contributed by atoms with E-state index >= 15 is 0 Å². The van der Waals surface area contributed by atoms with Crippen LogP contribution >= 0.6 is 0 Å². The Morgan fingerprint density at radius 3 is 1.97 bits per heavy atom. The van der Waals surface area contributed by atoms with Gasteiger partial charge in [0.15, 0.2) is 11.5 Å². The largest absolute Gasteiger partial charge is 0.485 e. The molecule has 166 valence electrons. The Kier molecular flexibility index (Phi) is 7.33. The number of nitrogens with two attached hydrogens (primary N) is 1. The number of rotatable bonds is 10. The van der Waals surface area contributed by atoms with E-state index in [4.69, 9.17) is 20.6 Å². The maximum Gasteiger partial charge on any atom is 0.161 e. The van der Waals surface area contributed by atoms with Gasteiger partial charge in [-0.2, -0.15) is 0 Å². The maximum absolute atomic E-state index is 7.78. The van der Waals surface area contributed by atoms with Gasteiger partial charge in [0.1, 0.15) is 19.0 Å². The highest BCUT2D eigenvalue weighted by Crippen LogP contribution is 2.30. The predicted molar refractivity (Wildman–Crippen MR) is 131 cm³/mol. The van der Waals surface area contributed by atoms with Crippen LogP contribution in [0, 0.1) is 5.41 Å². The fourth-order valence-electron chi connectivity index (χ4n) is 3.56. The third-order valence-electron chi connectivity index (χ3n) is 5.31. The summed E-state index contributed by atoms with van der Waals surface area (Å²) >= 11 is 0. The molecule has 5 nitrogen and oxygen atoms in total. The first kappa shape index (κ1) is 22.1. The Morgan fingerprint density at radius 1 is 0.697 bits per heavy atom. The summed E-state index contributed by atoms with van der Waals surface area (Å²) in [4.78, 5) is 4.42. The maximum atomic E-state index is 7.78. The molecular weight excluding hydrogens is 410 g/mol. The smallest absolute Gasteiger partial charge is 0.161 e. The van der Waals surface area contributed by atoms with Gasteiger partial charge >= 0.3 is 0 Å². The van der Waals surface area contributed by atoms with Gasteiger partial charge in [0.05, 0.1) is 5.69 Å². The Labute approximate surface area is 194 Å². The van der Waals surface area contributed by atoms with Gasteiger partial charge in [-0.25, -0.2) is 0 Å². The van der Waals surface area contributed by atoms with Crippen LogP contribution in [0.1, 0.15) is 27.9 Å². The lowest BCUT2D eigenvalue weighted by atomic mass is 10.0. The van der Waals surface area contributed by atoms with Crippen LogP contribution in [0.25, 0.3) is 0 Å². The molecule has 4 rings (SSSR count). The predicted octanol–water partition coefficient (Wildman–Crippen LogP) is 5.31. The van der Waals surface area contributed by atoms with Gasteiger partial charge in [-0.3, -0.25) is 10.4 Å². The van der Waals surface area contributed by atoms with Crippen LogP contribution in [0.15, 0.2) is 97.2 Å². The van der Waals surface area contributed by atoms with E-state index in [2.05, 4.69) is 4.98 Å². The van der Waals surface area contributed by atoms with Crippen molar-refractivity contribution in [1.82, 2.24) is 4.98 Å². The number of hydrogen-bond donors (Lipinski definition) is 2. The quantitative estimate of drug-likeness (QED) is 0.260. The molecule has 0 spiro atoms. The van der Waals surface area contributed by atoms with Crippen molar-refractivity contribution in [2.45, 2.75) is 26.1 Å². The van der Waals surface area contributed by atoms with Crippen molar-refractivity contribution in [1.29, 1.82) is 5.41 Å². The van der Waals surface area contributed by atoms with Gasteiger partial charge in [0, 0.05) is 11.8 Å². The fourth-order valence-corrected chi connectivity index (χ4v) is 3.56. The molecule has 0 fully saturated rings. The number of nitrogens with one attached hydrogen (secondary N) is 1. The zero-order valence-electron chi connectivity index (χ0n) is 18.4. The van der Waals surface area contributed by atoms with Gasteiger partial charge in [-0.1, -0.05) is 66.7 Å². The van der Waals surface area contributed by atoms with E-state index in [-0.39, 0.29) is 5.84 Å². The van der Waals surface area contributed by atoms with Crippen molar-refractivity contribution in [2.24, 2.45) is 5.73 Å². The van der Waals surface area contributed by atoms with Crippen molar-refractivity contribution in [3.63, 3.8) is 0 Å². The van der Waals surface area contributed by atoms with Crippen LogP contribution in [0.3, 0.4) is 0 Å². The Hall–Kier alpha value is -4.12. The minimum atomic E-state index is 0.0367. The highest BCUT2D eigenvalue weighted by atomic mass is 16.5. The van der Waals surface area contributed by atoms with Gasteiger partial charge in [0.25, 0.3) is 0 Å². The molecule has 0 aliphatic heterocycles. The molecule has 0 aliphatic rings. The van der Waals surface area contributed by atoms with Crippen molar-refractivity contribution in [2.75, 3.05) is 0 Å². The van der Waals surface area contributed by atoms with Gasteiger partial charge in [-0.05, 0) is 53.8 Å². The van der Waals surface area contributed by atoms with Crippen LogP contribution in [0.2, 0.25) is 0 Å². The molecule has 5 heteroatoms. The highest BCUT2D eigenvalue weighted by molar-refractivity contribution is 5.95. The number of pyridine rings is 1. The standard InChI is InChI=1S/C28H27N3O2/c29-28(30)24-12-7-17-31-25(24)15-13-21-14-16-26(32-19-22-8-3-1-4-9-22)27(18-21)33-20-23-10-5-2-6-11-23/h1-12,14,16-18H,13,15,19-20H2,(H3,29,30). The number of nitrogen functional groups attached to an aromatic ring is 1. The molecule has 0 saturated heterocycles. The Balaban J connectivity index is 1.51. The number of ether oxygens (including phenoxy) is 2. The van der Waals surface area contributed by atoms with E-state index in [0.717, 1.165) is 28.8 Å². The molecule has 33 heavy (non-hydrogen) atoms. The zero-order chi connectivity index (χ0) is 22.9. The van der Waals surface area contributed by atoms with Crippen molar-refractivity contribution in [3.05, 3.63) is 125 Å². The molecule has 3 aromatic carbocycles. The lowest BCUT2D eigenvalue weighted by Gasteiger charge is -2.15. The first-order valence-electron chi connectivity index (χ1n) is 10.9. The molecule has 0 atom stereocenters. The van der Waals surface area contributed by atoms with E-state index in [1.54, 1.807) is 12.3 Å². The minimum Gasteiger partial charge on any atom is -0.485 e. The number of aryl methyl sites for hydroxylation is 2. The van der Waals surface area contributed by atoms with Crippen LogP contribution in [0.4, 0.5) is 0 Å². The summed E-state index contributed by atoms with van der Waals surface area (Å²) in [6, 6.07) is 29.8.